The predicted molar refractivity (Wildman–Crippen MR) is 82.9 cm³/mol. The standard InChI is InChI=1S/C17H16N2O3/c1-22-16-7-12-13(8-15(16)20)18-9-11-6-10-4-2-3-5-14(10)19(11)17(12)21/h2-5,7-11,14,20H,6H2,1H3/t10?,11-,14?/m0/s1. The number of carbonyl (C=O) groups excluding carboxylic acids is 1. The van der Waals surface area contributed by atoms with Crippen molar-refractivity contribution in [3.8, 4) is 11.5 Å². The Kier molecular flexibility index (Phi) is 2.82. The van der Waals surface area contributed by atoms with Gasteiger partial charge in [0.25, 0.3) is 5.91 Å². The van der Waals surface area contributed by atoms with Crippen LogP contribution >= 0.6 is 0 Å². The number of phenolic OH excluding ortho intramolecular Hbond substituents is 1. The second-order valence-electron chi connectivity index (χ2n) is 5.76. The third-order valence-electron chi connectivity index (χ3n) is 4.56. The quantitative estimate of drug-likeness (QED) is 0.866. The van der Waals surface area contributed by atoms with Gasteiger partial charge in [0.15, 0.2) is 11.5 Å². The van der Waals surface area contributed by atoms with E-state index in [1.165, 1.54) is 13.2 Å². The molecule has 1 aromatic rings. The van der Waals surface area contributed by atoms with Gasteiger partial charge in [0.2, 0.25) is 0 Å². The number of aliphatic imine (C=N–C) groups is 1. The van der Waals surface area contributed by atoms with Gasteiger partial charge in [-0.05, 0) is 12.5 Å². The van der Waals surface area contributed by atoms with Crippen molar-refractivity contribution >= 4 is 17.8 Å². The van der Waals surface area contributed by atoms with E-state index in [0.29, 0.717) is 17.2 Å². The summed E-state index contributed by atoms with van der Waals surface area (Å²) in [5, 5.41) is 9.89. The van der Waals surface area contributed by atoms with Gasteiger partial charge in [0, 0.05) is 18.2 Å². The van der Waals surface area contributed by atoms with Gasteiger partial charge in [0.05, 0.1) is 30.4 Å². The van der Waals surface area contributed by atoms with Crippen LogP contribution in [0.3, 0.4) is 0 Å². The molecular formula is C17H16N2O3. The highest BCUT2D eigenvalue weighted by Crippen LogP contribution is 2.40. The van der Waals surface area contributed by atoms with Gasteiger partial charge in [-0.2, -0.15) is 0 Å². The van der Waals surface area contributed by atoms with Gasteiger partial charge in [-0.25, -0.2) is 0 Å². The maximum atomic E-state index is 13.0. The zero-order valence-electron chi connectivity index (χ0n) is 12.1. The molecule has 22 heavy (non-hydrogen) atoms. The van der Waals surface area contributed by atoms with Crippen LogP contribution < -0.4 is 4.74 Å². The Morgan fingerprint density at radius 3 is 2.95 bits per heavy atom. The molecule has 5 heteroatoms. The molecule has 0 spiro atoms. The van der Waals surface area contributed by atoms with Crippen LogP contribution in [0.5, 0.6) is 11.5 Å². The highest BCUT2D eigenvalue weighted by molar-refractivity contribution is 6.04. The highest BCUT2D eigenvalue weighted by atomic mass is 16.5. The molecule has 0 radical (unpaired) electrons. The van der Waals surface area contributed by atoms with Crippen LogP contribution in [-0.4, -0.2) is 41.3 Å². The van der Waals surface area contributed by atoms with E-state index < -0.39 is 0 Å². The molecule has 0 aromatic heterocycles. The monoisotopic (exact) mass is 296 g/mol. The number of nitrogens with zero attached hydrogens (tertiary/aromatic N) is 2. The van der Waals surface area contributed by atoms with Crippen LogP contribution in [0, 0.1) is 5.92 Å². The number of rotatable bonds is 1. The fourth-order valence-corrected chi connectivity index (χ4v) is 3.49. The average Bonchev–Trinajstić information content (AvgIpc) is 2.84. The maximum absolute atomic E-state index is 13.0. The molecule has 2 aliphatic heterocycles. The fourth-order valence-electron chi connectivity index (χ4n) is 3.49. The zero-order chi connectivity index (χ0) is 15.3. The van der Waals surface area contributed by atoms with Crippen molar-refractivity contribution in [1.29, 1.82) is 0 Å². The normalized spacial score (nSPS) is 28.1. The first-order valence-corrected chi connectivity index (χ1v) is 7.32. The lowest BCUT2D eigenvalue weighted by Gasteiger charge is -2.28. The van der Waals surface area contributed by atoms with Crippen molar-refractivity contribution in [1.82, 2.24) is 4.90 Å². The van der Waals surface area contributed by atoms with Gasteiger partial charge in [-0.1, -0.05) is 24.3 Å². The van der Waals surface area contributed by atoms with Crippen LogP contribution in [-0.2, 0) is 0 Å². The number of ether oxygens (including phenoxy) is 1. The molecule has 1 N–H and O–H groups in total. The number of allylic oxidation sites excluding steroid dienone is 2. The molecule has 112 valence electrons. The molecule has 3 aliphatic rings. The minimum atomic E-state index is -0.0664. The third-order valence-corrected chi connectivity index (χ3v) is 4.56. The summed E-state index contributed by atoms with van der Waals surface area (Å²) < 4.78 is 5.12. The highest BCUT2D eigenvalue weighted by Gasteiger charge is 2.43. The molecule has 0 saturated carbocycles. The lowest BCUT2D eigenvalue weighted by molar-refractivity contribution is 0.0733. The number of fused-ring (bicyclic) bond motifs is 4. The molecule has 2 heterocycles. The molecule has 5 nitrogen and oxygen atoms in total. The molecule has 3 atom stereocenters. The van der Waals surface area contributed by atoms with E-state index >= 15 is 0 Å². The number of amides is 1. The van der Waals surface area contributed by atoms with E-state index in [2.05, 4.69) is 17.1 Å². The van der Waals surface area contributed by atoms with Crippen LogP contribution in [0.2, 0.25) is 0 Å². The summed E-state index contributed by atoms with van der Waals surface area (Å²) in [7, 11) is 1.47. The molecule has 1 amide bonds. The zero-order valence-corrected chi connectivity index (χ0v) is 12.1. The van der Waals surface area contributed by atoms with Crippen LogP contribution in [0.4, 0.5) is 5.69 Å². The first kappa shape index (κ1) is 13.1. The van der Waals surface area contributed by atoms with Crippen LogP contribution in [0.1, 0.15) is 16.8 Å². The van der Waals surface area contributed by atoms with Crippen LogP contribution in [0.25, 0.3) is 0 Å². The Hall–Kier alpha value is -2.56. The van der Waals surface area contributed by atoms with E-state index in [1.807, 2.05) is 23.3 Å². The summed E-state index contributed by atoms with van der Waals surface area (Å²) in [6.07, 6.45) is 10.9. The van der Waals surface area contributed by atoms with Crippen molar-refractivity contribution in [3.63, 3.8) is 0 Å². The number of hydrogen-bond acceptors (Lipinski definition) is 4. The van der Waals surface area contributed by atoms with Crippen molar-refractivity contribution in [3.05, 3.63) is 42.0 Å². The predicted octanol–water partition coefficient (Wildman–Crippen LogP) is 2.44. The number of phenols is 1. The Morgan fingerprint density at radius 1 is 1.32 bits per heavy atom. The van der Waals surface area contributed by atoms with E-state index in [4.69, 9.17) is 4.74 Å². The number of benzene rings is 1. The number of hydrogen-bond donors (Lipinski definition) is 1. The first-order chi connectivity index (χ1) is 10.7. The Morgan fingerprint density at radius 2 is 2.14 bits per heavy atom. The summed E-state index contributed by atoms with van der Waals surface area (Å²) in [5.41, 5.74) is 0.960. The second kappa shape index (κ2) is 4.73. The minimum Gasteiger partial charge on any atom is -0.504 e. The third kappa shape index (κ3) is 1.78. The topological polar surface area (TPSA) is 62.1 Å². The second-order valence-corrected chi connectivity index (χ2v) is 5.76. The molecule has 4 rings (SSSR count). The van der Waals surface area contributed by atoms with Crippen molar-refractivity contribution in [2.24, 2.45) is 10.9 Å². The molecule has 2 unspecified atom stereocenters. The van der Waals surface area contributed by atoms with Gasteiger partial charge in [-0.3, -0.25) is 9.79 Å². The minimum absolute atomic E-state index is 0.00775. The van der Waals surface area contributed by atoms with Crippen LogP contribution in [0.15, 0.2) is 41.4 Å². The molecular weight excluding hydrogens is 280 g/mol. The Labute approximate surface area is 128 Å². The molecule has 0 bridgehead atoms. The lowest BCUT2D eigenvalue weighted by atomic mass is 9.95. The van der Waals surface area contributed by atoms with Gasteiger partial charge < -0.3 is 14.7 Å². The van der Waals surface area contributed by atoms with Crippen molar-refractivity contribution < 1.29 is 14.6 Å². The Bertz CT molecular complexity index is 736. The number of carbonyl (C=O) groups is 1. The van der Waals surface area contributed by atoms with Gasteiger partial charge >= 0.3 is 0 Å². The van der Waals surface area contributed by atoms with Gasteiger partial charge in [-0.15, -0.1) is 0 Å². The SMILES string of the molecule is COc1cc2c(cc1O)N=C[C@@H]1CC3C=CC=CC3N1C2=O. The van der Waals surface area contributed by atoms with Crippen molar-refractivity contribution in [2.75, 3.05) is 7.11 Å². The first-order valence-electron chi connectivity index (χ1n) is 7.32. The Balaban J connectivity index is 1.81. The maximum Gasteiger partial charge on any atom is 0.257 e. The van der Waals surface area contributed by atoms with E-state index in [-0.39, 0.29) is 29.5 Å². The van der Waals surface area contributed by atoms with Gasteiger partial charge in [0.1, 0.15) is 0 Å². The summed E-state index contributed by atoms with van der Waals surface area (Å²) in [6, 6.07) is 3.11. The summed E-state index contributed by atoms with van der Waals surface area (Å²) in [4.78, 5) is 19.3. The van der Waals surface area contributed by atoms with E-state index in [0.717, 1.165) is 6.42 Å². The smallest absolute Gasteiger partial charge is 0.257 e. The fraction of sp³-hybridized carbons (Fsp3) is 0.294. The largest absolute Gasteiger partial charge is 0.504 e. The summed E-state index contributed by atoms with van der Waals surface area (Å²) >= 11 is 0. The number of aromatic hydroxyl groups is 1. The van der Waals surface area contributed by atoms with E-state index in [9.17, 15) is 9.90 Å². The van der Waals surface area contributed by atoms with Crippen molar-refractivity contribution in [2.45, 2.75) is 18.5 Å². The summed E-state index contributed by atoms with van der Waals surface area (Å²) in [6.45, 7) is 0. The summed E-state index contributed by atoms with van der Waals surface area (Å²) in [5.74, 6) is 0.552. The molecule has 1 aliphatic carbocycles. The number of methoxy groups -OCH3 is 1. The van der Waals surface area contributed by atoms with E-state index in [1.54, 1.807) is 6.07 Å². The molecule has 1 fully saturated rings. The average molecular weight is 296 g/mol. The lowest BCUT2D eigenvalue weighted by Crippen LogP contribution is -2.41. The molecule has 1 aromatic carbocycles. The molecule has 1 saturated heterocycles.